The van der Waals surface area contributed by atoms with Crippen molar-refractivity contribution in [3.63, 3.8) is 0 Å². The van der Waals surface area contributed by atoms with Crippen LogP contribution in [-0.4, -0.2) is 5.91 Å². The molecule has 2 aromatic rings. The van der Waals surface area contributed by atoms with E-state index in [2.05, 4.69) is 22.6 Å². The van der Waals surface area contributed by atoms with Crippen molar-refractivity contribution in [2.75, 3.05) is 0 Å². The number of carbonyl (C=O) groups is 1. The molecular weight excluding hydrogens is 305 g/mol. The molecule has 0 saturated heterocycles. The maximum absolute atomic E-state index is 10.8. The van der Waals surface area contributed by atoms with Crippen molar-refractivity contribution < 1.29 is 9.21 Å². The molecule has 1 heterocycles. The Balaban J connectivity index is 2.41. The molecule has 0 aliphatic carbocycles. The minimum absolute atomic E-state index is 0.184. The first-order valence-electron chi connectivity index (χ1n) is 4.32. The van der Waals surface area contributed by atoms with Crippen LogP contribution in [0.3, 0.4) is 0 Å². The monoisotopic (exact) mass is 313 g/mol. The summed E-state index contributed by atoms with van der Waals surface area (Å²) < 4.78 is 6.42. The van der Waals surface area contributed by atoms with E-state index in [9.17, 15) is 4.79 Å². The minimum Gasteiger partial charge on any atom is -0.451 e. The maximum Gasteiger partial charge on any atom is 0.284 e. The van der Waals surface area contributed by atoms with Crippen molar-refractivity contribution in [3.8, 4) is 11.3 Å². The molecule has 76 valence electrons. The van der Waals surface area contributed by atoms with Gasteiger partial charge in [-0.3, -0.25) is 4.79 Å². The summed E-state index contributed by atoms with van der Waals surface area (Å²) in [6.07, 6.45) is 0. The molecule has 1 aromatic carbocycles. The van der Waals surface area contributed by atoms with E-state index in [1.54, 1.807) is 12.1 Å². The van der Waals surface area contributed by atoms with Gasteiger partial charge in [0, 0.05) is 9.13 Å². The van der Waals surface area contributed by atoms with Crippen LogP contribution < -0.4 is 5.73 Å². The first-order valence-corrected chi connectivity index (χ1v) is 5.40. The van der Waals surface area contributed by atoms with Gasteiger partial charge in [-0.1, -0.05) is 12.1 Å². The second-order valence-electron chi connectivity index (χ2n) is 3.04. The largest absolute Gasteiger partial charge is 0.451 e. The molecule has 3 nitrogen and oxygen atoms in total. The van der Waals surface area contributed by atoms with E-state index in [4.69, 9.17) is 10.2 Å². The second-order valence-corrected chi connectivity index (χ2v) is 4.28. The first kappa shape index (κ1) is 10.2. The highest BCUT2D eigenvalue weighted by atomic mass is 127. The normalized spacial score (nSPS) is 10.2. The minimum atomic E-state index is -0.549. The summed E-state index contributed by atoms with van der Waals surface area (Å²) in [4.78, 5) is 10.8. The van der Waals surface area contributed by atoms with Crippen LogP contribution in [0.5, 0.6) is 0 Å². The summed E-state index contributed by atoms with van der Waals surface area (Å²) >= 11 is 2.22. The average molecular weight is 313 g/mol. The fourth-order valence-corrected chi connectivity index (χ4v) is 1.81. The molecule has 2 N–H and O–H groups in total. The van der Waals surface area contributed by atoms with Crippen LogP contribution in [-0.2, 0) is 0 Å². The van der Waals surface area contributed by atoms with E-state index in [0.29, 0.717) is 5.76 Å². The van der Waals surface area contributed by atoms with E-state index in [1.807, 2.05) is 24.3 Å². The van der Waals surface area contributed by atoms with Crippen LogP contribution in [0.2, 0.25) is 0 Å². The SMILES string of the molecule is NC(=O)c1ccc(-c2cccc(I)c2)o1. The van der Waals surface area contributed by atoms with Gasteiger partial charge in [-0.05, 0) is 46.9 Å². The topological polar surface area (TPSA) is 56.2 Å². The van der Waals surface area contributed by atoms with Crippen molar-refractivity contribution >= 4 is 28.5 Å². The standard InChI is InChI=1S/C11H8INO2/c12-8-3-1-2-7(6-8)9-4-5-10(15-9)11(13)14/h1-6H,(H2,13,14). The summed E-state index contributed by atoms with van der Waals surface area (Å²) in [5.41, 5.74) is 6.04. The van der Waals surface area contributed by atoms with Gasteiger partial charge < -0.3 is 10.2 Å². The van der Waals surface area contributed by atoms with Crippen LogP contribution in [0.25, 0.3) is 11.3 Å². The van der Waals surface area contributed by atoms with Crippen molar-refractivity contribution in [1.82, 2.24) is 0 Å². The molecule has 4 heteroatoms. The number of benzene rings is 1. The van der Waals surface area contributed by atoms with Gasteiger partial charge in [-0.25, -0.2) is 0 Å². The van der Waals surface area contributed by atoms with Gasteiger partial charge >= 0.3 is 0 Å². The third kappa shape index (κ3) is 2.20. The lowest BCUT2D eigenvalue weighted by Crippen LogP contribution is -2.09. The van der Waals surface area contributed by atoms with Gasteiger partial charge in [0.15, 0.2) is 5.76 Å². The Morgan fingerprint density at radius 1 is 1.27 bits per heavy atom. The Morgan fingerprint density at radius 2 is 2.07 bits per heavy atom. The Bertz CT molecular complexity index is 505. The van der Waals surface area contributed by atoms with E-state index in [-0.39, 0.29) is 5.76 Å². The number of hydrogen-bond acceptors (Lipinski definition) is 2. The number of nitrogens with two attached hydrogens (primary N) is 1. The Hall–Kier alpha value is -1.30. The molecule has 0 aliphatic rings. The smallest absolute Gasteiger partial charge is 0.284 e. The van der Waals surface area contributed by atoms with Gasteiger partial charge in [0.2, 0.25) is 0 Å². The molecule has 2 rings (SSSR count). The average Bonchev–Trinajstić information content (AvgIpc) is 2.66. The number of halogens is 1. The third-order valence-electron chi connectivity index (χ3n) is 1.96. The molecule has 0 saturated carbocycles. The highest BCUT2D eigenvalue weighted by molar-refractivity contribution is 14.1. The molecule has 1 aromatic heterocycles. The van der Waals surface area contributed by atoms with Crippen LogP contribution in [0.4, 0.5) is 0 Å². The lowest BCUT2D eigenvalue weighted by molar-refractivity contribution is 0.0975. The van der Waals surface area contributed by atoms with Crippen molar-refractivity contribution in [3.05, 3.63) is 45.7 Å². The quantitative estimate of drug-likeness (QED) is 0.867. The fourth-order valence-electron chi connectivity index (χ4n) is 1.27. The highest BCUT2D eigenvalue weighted by Gasteiger charge is 2.08. The van der Waals surface area contributed by atoms with Crippen LogP contribution in [0, 0.1) is 3.57 Å². The number of carbonyl (C=O) groups excluding carboxylic acids is 1. The van der Waals surface area contributed by atoms with Crippen molar-refractivity contribution in [1.29, 1.82) is 0 Å². The van der Waals surface area contributed by atoms with E-state index in [0.717, 1.165) is 9.13 Å². The molecule has 0 aliphatic heterocycles. The zero-order chi connectivity index (χ0) is 10.8. The van der Waals surface area contributed by atoms with Gasteiger partial charge in [0.1, 0.15) is 5.76 Å². The van der Waals surface area contributed by atoms with Crippen LogP contribution in [0.1, 0.15) is 10.6 Å². The summed E-state index contributed by atoms with van der Waals surface area (Å²) in [7, 11) is 0. The molecule has 0 unspecified atom stereocenters. The molecular formula is C11H8INO2. The summed E-state index contributed by atoms with van der Waals surface area (Å²) in [5, 5.41) is 0. The van der Waals surface area contributed by atoms with Crippen LogP contribution in [0.15, 0.2) is 40.8 Å². The predicted octanol–water partition coefficient (Wildman–Crippen LogP) is 2.65. The maximum atomic E-state index is 10.8. The fraction of sp³-hybridized carbons (Fsp3) is 0. The van der Waals surface area contributed by atoms with E-state index >= 15 is 0 Å². The zero-order valence-electron chi connectivity index (χ0n) is 7.74. The Kier molecular flexibility index (Phi) is 2.77. The number of primary amides is 1. The number of rotatable bonds is 2. The number of furan rings is 1. The van der Waals surface area contributed by atoms with Gasteiger partial charge in [-0.15, -0.1) is 0 Å². The number of amides is 1. The molecule has 0 fully saturated rings. The Labute approximate surface area is 100 Å². The summed E-state index contributed by atoms with van der Waals surface area (Å²) in [6, 6.07) is 11.1. The molecule has 0 bridgehead atoms. The second kappa shape index (κ2) is 4.06. The van der Waals surface area contributed by atoms with Crippen molar-refractivity contribution in [2.45, 2.75) is 0 Å². The molecule has 0 spiro atoms. The van der Waals surface area contributed by atoms with Gasteiger partial charge in [0.05, 0.1) is 0 Å². The van der Waals surface area contributed by atoms with E-state index in [1.165, 1.54) is 0 Å². The third-order valence-corrected chi connectivity index (χ3v) is 2.63. The summed E-state index contributed by atoms with van der Waals surface area (Å²) in [5.74, 6) is 0.290. The van der Waals surface area contributed by atoms with Gasteiger partial charge in [-0.2, -0.15) is 0 Å². The molecule has 15 heavy (non-hydrogen) atoms. The zero-order valence-corrected chi connectivity index (χ0v) is 9.89. The van der Waals surface area contributed by atoms with Gasteiger partial charge in [0.25, 0.3) is 5.91 Å². The Morgan fingerprint density at radius 3 is 2.67 bits per heavy atom. The molecule has 0 radical (unpaired) electrons. The van der Waals surface area contributed by atoms with Crippen molar-refractivity contribution in [2.24, 2.45) is 5.73 Å². The lowest BCUT2D eigenvalue weighted by atomic mass is 10.2. The summed E-state index contributed by atoms with van der Waals surface area (Å²) in [6.45, 7) is 0. The van der Waals surface area contributed by atoms with Crippen LogP contribution >= 0.6 is 22.6 Å². The number of hydrogen-bond donors (Lipinski definition) is 1. The highest BCUT2D eigenvalue weighted by Crippen LogP contribution is 2.23. The first-order chi connectivity index (χ1) is 7.16. The van der Waals surface area contributed by atoms with E-state index < -0.39 is 5.91 Å². The lowest BCUT2D eigenvalue weighted by Gasteiger charge is -1.97. The predicted molar refractivity (Wildman–Crippen MR) is 65.4 cm³/mol. The molecule has 0 atom stereocenters. The molecule has 1 amide bonds.